The van der Waals surface area contributed by atoms with E-state index in [9.17, 15) is 13.2 Å². The maximum Gasteiger partial charge on any atom is 0.258 e. The third kappa shape index (κ3) is 4.54. The zero-order valence-electron chi connectivity index (χ0n) is 9.89. The standard InChI is InChI=1S/C10H9Cl2N3O4S/c11-6-4-9(20(14,17)18)7(12)3-8(6)19-5-10(16)15-2-1-13/h3-4H,2,5H2,(H,15,16)(H2,14,17,18). The van der Waals surface area contributed by atoms with Crippen LogP contribution in [0.3, 0.4) is 0 Å². The van der Waals surface area contributed by atoms with Crippen LogP contribution in [0.15, 0.2) is 17.0 Å². The normalized spacial score (nSPS) is 10.7. The van der Waals surface area contributed by atoms with Crippen LogP contribution in [0.25, 0.3) is 0 Å². The molecule has 0 spiro atoms. The Bertz CT molecular complexity index is 670. The lowest BCUT2D eigenvalue weighted by molar-refractivity contribution is -0.122. The number of benzene rings is 1. The highest BCUT2D eigenvalue weighted by Crippen LogP contribution is 2.32. The number of hydrogen-bond donors (Lipinski definition) is 2. The molecule has 0 radical (unpaired) electrons. The minimum Gasteiger partial charge on any atom is -0.482 e. The van der Waals surface area contributed by atoms with Crippen molar-refractivity contribution in [1.82, 2.24) is 5.32 Å². The largest absolute Gasteiger partial charge is 0.482 e. The van der Waals surface area contributed by atoms with Gasteiger partial charge >= 0.3 is 0 Å². The van der Waals surface area contributed by atoms with Crippen molar-refractivity contribution >= 4 is 39.1 Å². The lowest BCUT2D eigenvalue weighted by atomic mass is 10.3. The van der Waals surface area contributed by atoms with Crippen molar-refractivity contribution in [2.75, 3.05) is 13.2 Å². The Hall–Kier alpha value is -1.53. The Morgan fingerprint density at radius 1 is 1.40 bits per heavy atom. The average molecular weight is 338 g/mol. The summed E-state index contributed by atoms with van der Waals surface area (Å²) in [7, 11) is -4.00. The zero-order chi connectivity index (χ0) is 15.3. The Kier molecular flexibility index (Phi) is 5.59. The van der Waals surface area contributed by atoms with E-state index in [1.807, 2.05) is 0 Å². The number of nitrogens with one attached hydrogen (secondary N) is 1. The molecule has 1 amide bonds. The fourth-order valence-electron chi connectivity index (χ4n) is 1.17. The van der Waals surface area contributed by atoms with Gasteiger partial charge in [0.05, 0.1) is 16.1 Å². The number of primary sulfonamides is 1. The van der Waals surface area contributed by atoms with Crippen molar-refractivity contribution in [3.63, 3.8) is 0 Å². The number of rotatable bonds is 5. The Morgan fingerprint density at radius 2 is 2.05 bits per heavy atom. The molecule has 10 heteroatoms. The predicted octanol–water partition coefficient (Wildman–Crippen LogP) is 0.659. The molecule has 0 aliphatic rings. The molecule has 0 aromatic heterocycles. The quantitative estimate of drug-likeness (QED) is 0.764. The summed E-state index contributed by atoms with van der Waals surface area (Å²) in [6, 6.07) is 3.90. The second-order valence-electron chi connectivity index (χ2n) is 3.48. The van der Waals surface area contributed by atoms with Gasteiger partial charge in [0.15, 0.2) is 6.61 Å². The maximum absolute atomic E-state index is 11.2. The van der Waals surface area contributed by atoms with E-state index >= 15 is 0 Å². The molecule has 0 saturated carbocycles. The fourth-order valence-corrected chi connectivity index (χ4v) is 2.54. The van der Waals surface area contributed by atoms with E-state index < -0.39 is 22.5 Å². The molecule has 1 rings (SSSR count). The number of hydrogen-bond acceptors (Lipinski definition) is 5. The number of ether oxygens (including phenoxy) is 1. The lowest BCUT2D eigenvalue weighted by Crippen LogP contribution is -2.29. The molecule has 0 fully saturated rings. The van der Waals surface area contributed by atoms with Crippen LogP contribution in [0.4, 0.5) is 0 Å². The third-order valence-electron chi connectivity index (χ3n) is 2.02. The number of nitrogens with zero attached hydrogens (tertiary/aromatic N) is 1. The van der Waals surface area contributed by atoms with Gasteiger partial charge in [-0.15, -0.1) is 0 Å². The van der Waals surface area contributed by atoms with Crippen LogP contribution in [-0.4, -0.2) is 27.5 Å². The number of nitrogens with two attached hydrogens (primary N) is 1. The Morgan fingerprint density at radius 3 is 2.60 bits per heavy atom. The molecule has 1 aromatic carbocycles. The highest BCUT2D eigenvalue weighted by molar-refractivity contribution is 7.89. The zero-order valence-corrected chi connectivity index (χ0v) is 12.2. The summed E-state index contributed by atoms with van der Waals surface area (Å²) in [5, 5.41) is 15.2. The summed E-state index contributed by atoms with van der Waals surface area (Å²) in [6.45, 7) is -0.548. The van der Waals surface area contributed by atoms with Crippen molar-refractivity contribution in [1.29, 1.82) is 5.26 Å². The molecule has 108 valence electrons. The van der Waals surface area contributed by atoms with E-state index in [0.29, 0.717) is 0 Å². The summed E-state index contributed by atoms with van der Waals surface area (Å²) in [5.41, 5.74) is 0. The second kappa shape index (κ2) is 6.76. The molecule has 20 heavy (non-hydrogen) atoms. The molecule has 1 aromatic rings. The lowest BCUT2D eigenvalue weighted by Gasteiger charge is -2.10. The first-order valence-electron chi connectivity index (χ1n) is 5.04. The van der Waals surface area contributed by atoms with Crippen LogP contribution in [0, 0.1) is 11.3 Å². The van der Waals surface area contributed by atoms with Gasteiger partial charge in [-0.3, -0.25) is 4.79 Å². The van der Waals surface area contributed by atoms with E-state index in [0.717, 1.165) is 12.1 Å². The Balaban J connectivity index is 2.87. The number of halogens is 2. The smallest absolute Gasteiger partial charge is 0.258 e. The topological polar surface area (TPSA) is 122 Å². The summed E-state index contributed by atoms with van der Waals surface area (Å²) in [6.07, 6.45) is 0. The van der Waals surface area contributed by atoms with Crippen LogP contribution in [0.2, 0.25) is 10.0 Å². The summed E-state index contributed by atoms with van der Waals surface area (Å²) in [5.74, 6) is -0.509. The van der Waals surface area contributed by atoms with E-state index in [1.54, 1.807) is 6.07 Å². The first-order chi connectivity index (χ1) is 9.25. The highest BCUT2D eigenvalue weighted by Gasteiger charge is 2.17. The van der Waals surface area contributed by atoms with Gasteiger partial charge in [0.2, 0.25) is 10.0 Å². The van der Waals surface area contributed by atoms with E-state index in [2.05, 4.69) is 5.32 Å². The molecule has 0 aliphatic heterocycles. The van der Waals surface area contributed by atoms with Gasteiger partial charge in [-0.25, -0.2) is 13.6 Å². The number of carbonyl (C=O) groups excluding carboxylic acids is 1. The molecule has 0 bridgehead atoms. The van der Waals surface area contributed by atoms with E-state index in [1.165, 1.54) is 0 Å². The van der Waals surface area contributed by atoms with Gasteiger partial charge in [-0.2, -0.15) is 5.26 Å². The first kappa shape index (κ1) is 16.5. The Labute approximate surface area is 125 Å². The number of sulfonamides is 1. The molecule has 3 N–H and O–H groups in total. The summed E-state index contributed by atoms with van der Waals surface area (Å²) < 4.78 is 27.5. The van der Waals surface area contributed by atoms with Gasteiger partial charge in [-0.05, 0) is 6.07 Å². The number of amides is 1. The van der Waals surface area contributed by atoms with Gasteiger partial charge in [0.1, 0.15) is 17.2 Å². The molecule has 0 heterocycles. The molecule has 0 atom stereocenters. The summed E-state index contributed by atoms with van der Waals surface area (Å²) >= 11 is 11.6. The van der Waals surface area contributed by atoms with Crippen LogP contribution >= 0.6 is 23.2 Å². The van der Waals surface area contributed by atoms with Crippen molar-refractivity contribution in [3.8, 4) is 11.8 Å². The van der Waals surface area contributed by atoms with Crippen LogP contribution < -0.4 is 15.2 Å². The molecule has 0 saturated heterocycles. The van der Waals surface area contributed by atoms with Crippen molar-refractivity contribution < 1.29 is 17.9 Å². The number of carbonyl (C=O) groups is 1. The van der Waals surface area contributed by atoms with Crippen molar-refractivity contribution in [3.05, 3.63) is 22.2 Å². The second-order valence-corrected chi connectivity index (χ2v) is 5.83. The molecular weight excluding hydrogens is 329 g/mol. The third-order valence-corrected chi connectivity index (χ3v) is 3.69. The minimum absolute atomic E-state index is 0.0242. The first-order valence-corrected chi connectivity index (χ1v) is 7.34. The van der Waals surface area contributed by atoms with E-state index in [4.69, 9.17) is 38.3 Å². The van der Waals surface area contributed by atoms with Gasteiger partial charge in [0, 0.05) is 6.07 Å². The van der Waals surface area contributed by atoms with Crippen LogP contribution in [0.5, 0.6) is 5.75 Å². The van der Waals surface area contributed by atoms with Gasteiger partial charge < -0.3 is 10.1 Å². The highest BCUT2D eigenvalue weighted by atomic mass is 35.5. The predicted molar refractivity (Wildman–Crippen MR) is 72.0 cm³/mol. The van der Waals surface area contributed by atoms with E-state index in [-0.39, 0.29) is 27.2 Å². The van der Waals surface area contributed by atoms with Crippen molar-refractivity contribution in [2.45, 2.75) is 4.90 Å². The molecule has 0 aliphatic carbocycles. The molecule has 0 unspecified atom stereocenters. The van der Waals surface area contributed by atoms with Crippen LogP contribution in [0.1, 0.15) is 0 Å². The van der Waals surface area contributed by atoms with Crippen molar-refractivity contribution in [2.24, 2.45) is 5.14 Å². The number of nitriles is 1. The molecule has 7 nitrogen and oxygen atoms in total. The SMILES string of the molecule is N#CCNC(=O)COc1cc(Cl)c(S(N)(=O)=O)cc1Cl. The van der Waals surface area contributed by atoms with Crippen LogP contribution in [-0.2, 0) is 14.8 Å². The minimum atomic E-state index is -4.00. The average Bonchev–Trinajstić information content (AvgIpc) is 2.35. The van der Waals surface area contributed by atoms with Gasteiger partial charge in [-0.1, -0.05) is 23.2 Å². The summed E-state index contributed by atoms with van der Waals surface area (Å²) in [4.78, 5) is 10.9. The van der Waals surface area contributed by atoms with Gasteiger partial charge in [0.25, 0.3) is 5.91 Å². The fraction of sp³-hybridized carbons (Fsp3) is 0.200. The maximum atomic E-state index is 11.2. The monoisotopic (exact) mass is 337 g/mol. The molecular formula is C10H9Cl2N3O4S.